The number of hydrogen-bond acceptors (Lipinski definition) is 4. The second-order valence-electron chi connectivity index (χ2n) is 4.65. The number of carbonyl (C=O) groups is 1. The molecule has 0 fully saturated rings. The van der Waals surface area contributed by atoms with E-state index in [1.165, 1.54) is 11.6 Å². The van der Waals surface area contributed by atoms with Crippen LogP contribution in [0.25, 0.3) is 0 Å². The molecule has 0 saturated carbocycles. The van der Waals surface area contributed by atoms with Crippen molar-refractivity contribution in [3.63, 3.8) is 0 Å². The van der Waals surface area contributed by atoms with Crippen molar-refractivity contribution >= 4 is 5.97 Å². The van der Waals surface area contributed by atoms with Gasteiger partial charge in [0.05, 0.1) is 11.6 Å². The number of rotatable bonds is 4. The van der Waals surface area contributed by atoms with Gasteiger partial charge in [-0.2, -0.15) is 5.26 Å². The summed E-state index contributed by atoms with van der Waals surface area (Å²) < 4.78 is 10.5. The summed E-state index contributed by atoms with van der Waals surface area (Å²) in [6.45, 7) is 3.81. The van der Waals surface area contributed by atoms with Crippen LogP contribution in [0.1, 0.15) is 16.7 Å². The molecule has 0 bridgehead atoms. The van der Waals surface area contributed by atoms with E-state index in [4.69, 9.17) is 14.7 Å². The zero-order valence-electron chi connectivity index (χ0n) is 11.9. The van der Waals surface area contributed by atoms with Crippen molar-refractivity contribution in [3.8, 4) is 17.6 Å². The van der Waals surface area contributed by atoms with Crippen LogP contribution in [0.3, 0.4) is 0 Å². The Morgan fingerprint density at radius 2 is 1.90 bits per heavy atom. The number of ether oxygens (including phenoxy) is 2. The van der Waals surface area contributed by atoms with Crippen molar-refractivity contribution < 1.29 is 14.3 Å². The molecule has 0 unspecified atom stereocenters. The van der Waals surface area contributed by atoms with Crippen LogP contribution in [-0.4, -0.2) is 12.6 Å². The smallest absolute Gasteiger partial charge is 0.349 e. The summed E-state index contributed by atoms with van der Waals surface area (Å²) in [5.74, 6) is 0.451. The van der Waals surface area contributed by atoms with Gasteiger partial charge in [-0.25, -0.2) is 4.79 Å². The fraction of sp³-hybridized carbons (Fsp3) is 0.176. The highest BCUT2D eigenvalue weighted by Crippen LogP contribution is 2.17. The van der Waals surface area contributed by atoms with Crippen LogP contribution in [0.2, 0.25) is 0 Å². The second kappa shape index (κ2) is 6.58. The third-order valence-electron chi connectivity index (χ3n) is 3.03. The van der Waals surface area contributed by atoms with E-state index in [0.717, 1.165) is 5.56 Å². The highest BCUT2D eigenvalue weighted by molar-refractivity contribution is 5.74. The molecule has 0 aliphatic heterocycles. The SMILES string of the molecule is Cc1ccc(OCC(=O)Oc2cccc(C#N)c2)cc1C. The lowest BCUT2D eigenvalue weighted by Gasteiger charge is -2.08. The highest BCUT2D eigenvalue weighted by Gasteiger charge is 2.07. The van der Waals surface area contributed by atoms with Gasteiger partial charge in [0.1, 0.15) is 11.5 Å². The minimum atomic E-state index is -0.511. The fourth-order valence-electron chi connectivity index (χ4n) is 1.74. The maximum absolute atomic E-state index is 11.7. The first-order valence-corrected chi connectivity index (χ1v) is 6.49. The summed E-state index contributed by atoms with van der Waals surface area (Å²) in [6.07, 6.45) is 0. The van der Waals surface area contributed by atoms with Gasteiger partial charge in [0, 0.05) is 0 Å². The minimum absolute atomic E-state index is 0.181. The number of carbonyl (C=O) groups excluding carboxylic acids is 1. The van der Waals surface area contributed by atoms with Crippen LogP contribution in [0.15, 0.2) is 42.5 Å². The van der Waals surface area contributed by atoms with E-state index in [1.807, 2.05) is 38.1 Å². The van der Waals surface area contributed by atoms with E-state index in [9.17, 15) is 4.79 Å². The van der Waals surface area contributed by atoms with E-state index in [1.54, 1.807) is 18.2 Å². The molecule has 0 aliphatic rings. The van der Waals surface area contributed by atoms with Gasteiger partial charge in [-0.05, 0) is 55.3 Å². The Morgan fingerprint density at radius 3 is 2.62 bits per heavy atom. The van der Waals surface area contributed by atoms with E-state index in [0.29, 0.717) is 17.1 Å². The van der Waals surface area contributed by atoms with Crippen LogP contribution in [0.5, 0.6) is 11.5 Å². The highest BCUT2D eigenvalue weighted by atomic mass is 16.6. The van der Waals surface area contributed by atoms with Crippen LogP contribution < -0.4 is 9.47 Å². The predicted octanol–water partition coefficient (Wildman–Crippen LogP) is 3.16. The maximum Gasteiger partial charge on any atom is 0.349 e. The first-order chi connectivity index (χ1) is 10.1. The number of hydrogen-bond donors (Lipinski definition) is 0. The summed E-state index contributed by atoms with van der Waals surface area (Å²) in [5, 5.41) is 8.78. The van der Waals surface area contributed by atoms with Crippen LogP contribution in [-0.2, 0) is 4.79 Å². The number of benzene rings is 2. The lowest BCUT2D eigenvalue weighted by atomic mass is 10.1. The average Bonchev–Trinajstić information content (AvgIpc) is 2.48. The predicted molar refractivity (Wildman–Crippen MR) is 78.2 cm³/mol. The minimum Gasteiger partial charge on any atom is -0.482 e. The quantitative estimate of drug-likeness (QED) is 0.638. The third kappa shape index (κ3) is 4.08. The zero-order valence-corrected chi connectivity index (χ0v) is 11.9. The molecule has 2 aromatic rings. The van der Waals surface area contributed by atoms with E-state index < -0.39 is 5.97 Å². The summed E-state index contributed by atoms with van der Waals surface area (Å²) in [6, 6.07) is 14.0. The van der Waals surface area contributed by atoms with Crippen LogP contribution >= 0.6 is 0 Å². The number of nitrogens with zero attached hydrogens (tertiary/aromatic N) is 1. The normalized spacial score (nSPS) is 9.76. The summed E-state index contributed by atoms with van der Waals surface area (Å²) in [4.78, 5) is 11.7. The molecule has 0 atom stereocenters. The molecule has 21 heavy (non-hydrogen) atoms. The van der Waals surface area contributed by atoms with Crippen molar-refractivity contribution in [1.29, 1.82) is 5.26 Å². The molecule has 4 nitrogen and oxygen atoms in total. The molecule has 0 spiro atoms. The average molecular weight is 281 g/mol. The molecular weight excluding hydrogens is 266 g/mol. The monoisotopic (exact) mass is 281 g/mol. The van der Waals surface area contributed by atoms with Gasteiger partial charge in [-0.15, -0.1) is 0 Å². The molecule has 2 aromatic carbocycles. The summed E-state index contributed by atoms with van der Waals surface area (Å²) in [5.41, 5.74) is 2.70. The Kier molecular flexibility index (Phi) is 4.57. The van der Waals surface area contributed by atoms with E-state index in [-0.39, 0.29) is 6.61 Å². The van der Waals surface area contributed by atoms with Gasteiger partial charge in [0.2, 0.25) is 0 Å². The molecule has 0 N–H and O–H groups in total. The van der Waals surface area contributed by atoms with E-state index in [2.05, 4.69) is 0 Å². The Balaban J connectivity index is 1.92. The maximum atomic E-state index is 11.7. The van der Waals surface area contributed by atoms with Gasteiger partial charge < -0.3 is 9.47 Å². The summed E-state index contributed by atoms with van der Waals surface area (Å²) >= 11 is 0. The molecule has 4 heteroatoms. The topological polar surface area (TPSA) is 59.3 Å². The second-order valence-corrected chi connectivity index (χ2v) is 4.65. The Labute approximate surface area is 123 Å². The largest absolute Gasteiger partial charge is 0.482 e. The first-order valence-electron chi connectivity index (χ1n) is 6.49. The van der Waals surface area contributed by atoms with E-state index >= 15 is 0 Å². The lowest BCUT2D eigenvalue weighted by Crippen LogP contribution is -2.17. The van der Waals surface area contributed by atoms with Gasteiger partial charge in [-0.3, -0.25) is 0 Å². The molecule has 0 aromatic heterocycles. The Hall–Kier alpha value is -2.80. The number of nitriles is 1. The number of esters is 1. The van der Waals surface area contributed by atoms with Crippen molar-refractivity contribution in [3.05, 3.63) is 59.2 Å². The number of aryl methyl sites for hydroxylation is 2. The van der Waals surface area contributed by atoms with Gasteiger partial charge in [-0.1, -0.05) is 12.1 Å². The van der Waals surface area contributed by atoms with Crippen LogP contribution in [0, 0.1) is 25.2 Å². The third-order valence-corrected chi connectivity index (χ3v) is 3.03. The summed E-state index contributed by atoms with van der Waals surface area (Å²) in [7, 11) is 0. The van der Waals surface area contributed by atoms with Crippen molar-refractivity contribution in [2.45, 2.75) is 13.8 Å². The van der Waals surface area contributed by atoms with Crippen molar-refractivity contribution in [2.24, 2.45) is 0 Å². The standard InChI is InChI=1S/C17H15NO3/c1-12-6-7-15(8-13(12)2)20-11-17(19)21-16-5-3-4-14(9-16)10-18/h3-9H,11H2,1-2H3. The van der Waals surface area contributed by atoms with Gasteiger partial charge in [0.25, 0.3) is 0 Å². The Morgan fingerprint density at radius 1 is 1.10 bits per heavy atom. The molecule has 2 rings (SSSR count). The fourth-order valence-corrected chi connectivity index (χ4v) is 1.74. The first kappa shape index (κ1) is 14.6. The molecule has 0 amide bonds. The van der Waals surface area contributed by atoms with Gasteiger partial charge >= 0.3 is 5.97 Å². The van der Waals surface area contributed by atoms with Crippen molar-refractivity contribution in [1.82, 2.24) is 0 Å². The van der Waals surface area contributed by atoms with Crippen molar-refractivity contribution in [2.75, 3.05) is 6.61 Å². The molecule has 0 heterocycles. The molecule has 0 radical (unpaired) electrons. The lowest BCUT2D eigenvalue weighted by molar-refractivity contribution is -0.136. The Bertz CT molecular complexity index is 701. The van der Waals surface area contributed by atoms with Crippen LogP contribution in [0.4, 0.5) is 0 Å². The molecule has 0 aliphatic carbocycles. The molecule has 106 valence electrons. The molecule has 0 saturated heterocycles. The van der Waals surface area contributed by atoms with Gasteiger partial charge in [0.15, 0.2) is 6.61 Å². The molecular formula is C17H15NO3. The zero-order chi connectivity index (χ0) is 15.2.